The number of ketones is 1. The normalized spacial score (nSPS) is 11.6. The molecule has 0 bridgehead atoms. The third-order valence-electron chi connectivity index (χ3n) is 4.46. The fraction of sp³-hybridized carbons (Fsp3) is 0.174. The van der Waals surface area contributed by atoms with Crippen molar-refractivity contribution in [3.8, 4) is 0 Å². The van der Waals surface area contributed by atoms with Crippen LogP contribution in [-0.4, -0.2) is 23.8 Å². The average Bonchev–Trinajstić information content (AvgIpc) is 3.24. The van der Waals surface area contributed by atoms with Gasteiger partial charge in [0.2, 0.25) is 5.78 Å². The van der Waals surface area contributed by atoms with Crippen LogP contribution in [0.4, 0.5) is 5.69 Å². The molecule has 3 rings (SSSR count). The van der Waals surface area contributed by atoms with Crippen LogP contribution in [0.1, 0.15) is 49.3 Å². The number of carbonyl (C=O) groups excluding carboxylic acids is 3. The van der Waals surface area contributed by atoms with Crippen molar-refractivity contribution in [2.45, 2.75) is 26.9 Å². The average molecular weight is 391 g/mol. The highest BCUT2D eigenvalue weighted by atomic mass is 16.5. The number of aryl methyl sites for hydroxylation is 2. The number of esters is 1. The minimum Gasteiger partial charge on any atom is -0.459 e. The number of benzene rings is 2. The first-order chi connectivity index (χ1) is 13.8. The van der Waals surface area contributed by atoms with E-state index in [-0.39, 0.29) is 17.1 Å². The van der Waals surface area contributed by atoms with Gasteiger partial charge >= 0.3 is 5.97 Å². The Morgan fingerprint density at radius 2 is 1.66 bits per heavy atom. The molecular weight excluding hydrogens is 370 g/mol. The van der Waals surface area contributed by atoms with Crippen LogP contribution in [0.3, 0.4) is 0 Å². The van der Waals surface area contributed by atoms with Crippen molar-refractivity contribution in [3.63, 3.8) is 0 Å². The molecule has 0 aliphatic heterocycles. The van der Waals surface area contributed by atoms with Crippen LogP contribution < -0.4 is 5.32 Å². The number of furan rings is 1. The second kappa shape index (κ2) is 8.56. The molecule has 0 aliphatic rings. The van der Waals surface area contributed by atoms with Gasteiger partial charge in [-0.1, -0.05) is 35.9 Å². The van der Waals surface area contributed by atoms with E-state index in [9.17, 15) is 14.4 Å². The van der Waals surface area contributed by atoms with Gasteiger partial charge in [-0.3, -0.25) is 9.59 Å². The van der Waals surface area contributed by atoms with Crippen LogP contribution in [0, 0.1) is 13.8 Å². The molecule has 0 aliphatic carbocycles. The monoisotopic (exact) mass is 391 g/mol. The second-order valence-electron chi connectivity index (χ2n) is 6.74. The third kappa shape index (κ3) is 4.79. The van der Waals surface area contributed by atoms with E-state index in [1.807, 2.05) is 19.1 Å². The van der Waals surface area contributed by atoms with E-state index in [0.717, 1.165) is 11.1 Å². The zero-order valence-corrected chi connectivity index (χ0v) is 16.4. The molecule has 148 valence electrons. The molecule has 0 unspecified atom stereocenters. The van der Waals surface area contributed by atoms with Gasteiger partial charge in [0.1, 0.15) is 0 Å². The molecule has 2 aromatic carbocycles. The standard InChI is InChI=1S/C23H21NO5/c1-14-6-9-17(10-7-14)21(25)16(3)29-23(27)18-11-8-15(2)19(13-18)24-22(26)20-5-4-12-28-20/h4-13,16H,1-3H3,(H,24,26)/t16-/m1/s1. The number of amides is 1. The van der Waals surface area contributed by atoms with Crippen LogP contribution in [0.15, 0.2) is 65.3 Å². The number of hydrogen-bond donors (Lipinski definition) is 1. The summed E-state index contributed by atoms with van der Waals surface area (Å²) in [5.41, 5.74) is 2.97. The summed E-state index contributed by atoms with van der Waals surface area (Å²) in [6.07, 6.45) is 0.467. The summed E-state index contributed by atoms with van der Waals surface area (Å²) < 4.78 is 10.4. The van der Waals surface area contributed by atoms with Gasteiger partial charge in [0.15, 0.2) is 11.9 Å². The zero-order valence-electron chi connectivity index (χ0n) is 16.4. The number of ether oxygens (including phenoxy) is 1. The second-order valence-corrected chi connectivity index (χ2v) is 6.74. The van der Waals surface area contributed by atoms with Crippen molar-refractivity contribution in [2.24, 2.45) is 0 Å². The van der Waals surface area contributed by atoms with Crippen molar-refractivity contribution in [1.82, 2.24) is 0 Å². The third-order valence-corrected chi connectivity index (χ3v) is 4.46. The van der Waals surface area contributed by atoms with Gasteiger partial charge in [-0.05, 0) is 50.6 Å². The Bertz CT molecular complexity index is 1040. The number of rotatable bonds is 6. The predicted octanol–water partition coefficient (Wildman–Crippen LogP) is 4.58. The van der Waals surface area contributed by atoms with E-state index in [1.54, 1.807) is 43.3 Å². The number of Topliss-reactive ketones (excluding diaryl/α,β-unsaturated/α-hetero) is 1. The molecule has 6 nitrogen and oxygen atoms in total. The molecule has 0 fully saturated rings. The summed E-state index contributed by atoms with van der Waals surface area (Å²) in [4.78, 5) is 37.2. The molecular formula is C23H21NO5. The Morgan fingerprint density at radius 1 is 0.966 bits per heavy atom. The molecule has 6 heteroatoms. The summed E-state index contributed by atoms with van der Waals surface area (Å²) >= 11 is 0. The van der Waals surface area contributed by atoms with Crippen LogP contribution in [0.2, 0.25) is 0 Å². The van der Waals surface area contributed by atoms with Crippen molar-refractivity contribution >= 4 is 23.3 Å². The molecule has 3 aromatic rings. The molecule has 1 amide bonds. The van der Waals surface area contributed by atoms with Crippen LogP contribution in [-0.2, 0) is 4.74 Å². The molecule has 1 heterocycles. The highest BCUT2D eigenvalue weighted by Gasteiger charge is 2.21. The first kappa shape index (κ1) is 20.1. The Kier molecular flexibility index (Phi) is 5.93. The maximum Gasteiger partial charge on any atom is 0.338 e. The first-order valence-corrected chi connectivity index (χ1v) is 9.12. The molecule has 1 N–H and O–H groups in total. The number of anilines is 1. The Morgan fingerprint density at radius 3 is 2.31 bits per heavy atom. The number of hydrogen-bond acceptors (Lipinski definition) is 5. The lowest BCUT2D eigenvalue weighted by Gasteiger charge is -2.14. The number of carbonyl (C=O) groups is 3. The van der Waals surface area contributed by atoms with Crippen molar-refractivity contribution < 1.29 is 23.5 Å². The fourth-order valence-corrected chi connectivity index (χ4v) is 2.71. The van der Waals surface area contributed by atoms with E-state index in [0.29, 0.717) is 11.3 Å². The van der Waals surface area contributed by atoms with Gasteiger partial charge in [-0.15, -0.1) is 0 Å². The lowest BCUT2D eigenvalue weighted by molar-refractivity contribution is 0.0319. The van der Waals surface area contributed by atoms with Crippen LogP contribution in [0.5, 0.6) is 0 Å². The summed E-state index contributed by atoms with van der Waals surface area (Å²) in [7, 11) is 0. The molecule has 1 aromatic heterocycles. The van der Waals surface area contributed by atoms with E-state index >= 15 is 0 Å². The van der Waals surface area contributed by atoms with E-state index in [2.05, 4.69) is 5.32 Å². The Labute approximate surface area is 168 Å². The van der Waals surface area contributed by atoms with Gasteiger partial charge in [-0.25, -0.2) is 4.79 Å². The minimum absolute atomic E-state index is 0.162. The van der Waals surface area contributed by atoms with Gasteiger partial charge in [0.05, 0.1) is 11.8 Å². The van der Waals surface area contributed by atoms with Gasteiger partial charge in [0, 0.05) is 11.3 Å². The number of nitrogens with one attached hydrogen (secondary N) is 1. The highest BCUT2D eigenvalue weighted by Crippen LogP contribution is 2.20. The van der Waals surface area contributed by atoms with Gasteiger partial charge in [0.25, 0.3) is 5.91 Å². The molecule has 0 saturated heterocycles. The highest BCUT2D eigenvalue weighted by molar-refractivity contribution is 6.04. The Hall–Kier alpha value is -3.67. The first-order valence-electron chi connectivity index (χ1n) is 9.12. The topological polar surface area (TPSA) is 85.6 Å². The summed E-state index contributed by atoms with van der Waals surface area (Å²) in [5, 5.41) is 2.71. The van der Waals surface area contributed by atoms with Crippen molar-refractivity contribution in [1.29, 1.82) is 0 Å². The van der Waals surface area contributed by atoms with Crippen LogP contribution in [0.25, 0.3) is 0 Å². The fourth-order valence-electron chi connectivity index (χ4n) is 2.71. The van der Waals surface area contributed by atoms with Crippen LogP contribution >= 0.6 is 0 Å². The largest absolute Gasteiger partial charge is 0.459 e. The smallest absolute Gasteiger partial charge is 0.338 e. The molecule has 0 spiro atoms. The lowest BCUT2D eigenvalue weighted by atomic mass is 10.1. The lowest BCUT2D eigenvalue weighted by Crippen LogP contribution is -2.24. The van der Waals surface area contributed by atoms with E-state index in [1.165, 1.54) is 19.3 Å². The summed E-state index contributed by atoms with van der Waals surface area (Å²) in [6.45, 7) is 5.27. The van der Waals surface area contributed by atoms with Crippen molar-refractivity contribution in [3.05, 3.63) is 88.9 Å². The van der Waals surface area contributed by atoms with E-state index in [4.69, 9.17) is 9.15 Å². The van der Waals surface area contributed by atoms with Gasteiger partial charge < -0.3 is 14.5 Å². The SMILES string of the molecule is Cc1ccc(C(=O)[C@@H](C)OC(=O)c2ccc(C)c(NC(=O)c3ccco3)c2)cc1. The molecule has 29 heavy (non-hydrogen) atoms. The maximum atomic E-state index is 12.5. The minimum atomic E-state index is -0.937. The van der Waals surface area contributed by atoms with Crippen molar-refractivity contribution in [2.75, 3.05) is 5.32 Å². The zero-order chi connectivity index (χ0) is 21.0. The Balaban J connectivity index is 1.71. The molecule has 0 radical (unpaired) electrons. The quantitative estimate of drug-likeness (QED) is 0.491. The van der Waals surface area contributed by atoms with E-state index < -0.39 is 18.0 Å². The molecule has 0 saturated carbocycles. The summed E-state index contributed by atoms with van der Waals surface area (Å²) in [6, 6.07) is 15.0. The van der Waals surface area contributed by atoms with Gasteiger partial charge in [-0.2, -0.15) is 0 Å². The maximum absolute atomic E-state index is 12.5. The molecule has 1 atom stereocenters. The predicted molar refractivity (Wildman–Crippen MR) is 108 cm³/mol. The summed E-state index contributed by atoms with van der Waals surface area (Å²) in [5.74, 6) is -1.19.